The van der Waals surface area contributed by atoms with E-state index < -0.39 is 21.9 Å². The van der Waals surface area contributed by atoms with Crippen molar-refractivity contribution in [3.05, 3.63) is 125 Å². The smallest absolute Gasteiger partial charge is 0.339 e. The summed E-state index contributed by atoms with van der Waals surface area (Å²) in [6, 6.07) is 27.8. The van der Waals surface area contributed by atoms with Crippen LogP contribution < -0.4 is 14.0 Å². The van der Waals surface area contributed by atoms with Crippen LogP contribution in [0.3, 0.4) is 0 Å². The van der Waals surface area contributed by atoms with E-state index in [9.17, 15) is 18.0 Å². The zero-order valence-electron chi connectivity index (χ0n) is 21.0. The molecule has 0 aliphatic carbocycles. The molecule has 2 amide bonds. The van der Waals surface area contributed by atoms with Gasteiger partial charge in [-0.3, -0.25) is 19.4 Å². The van der Waals surface area contributed by atoms with Crippen molar-refractivity contribution in [1.82, 2.24) is 0 Å². The number of aryl methyl sites for hydroxylation is 1. The molecule has 0 aromatic heterocycles. The van der Waals surface area contributed by atoms with Gasteiger partial charge in [-0.15, -0.1) is 0 Å². The maximum atomic E-state index is 13.8. The van der Waals surface area contributed by atoms with E-state index in [2.05, 4.69) is 0 Å². The van der Waals surface area contributed by atoms with E-state index in [-0.39, 0.29) is 31.9 Å². The first-order valence-electron chi connectivity index (χ1n) is 12.0. The van der Waals surface area contributed by atoms with Gasteiger partial charge in [0, 0.05) is 10.6 Å². The highest BCUT2D eigenvalue weighted by molar-refractivity contribution is 7.87. The van der Waals surface area contributed by atoms with Crippen LogP contribution in [-0.2, 0) is 19.7 Å². The van der Waals surface area contributed by atoms with Gasteiger partial charge in [-0.2, -0.15) is 8.42 Å². The van der Waals surface area contributed by atoms with Gasteiger partial charge in [0.1, 0.15) is 16.2 Å². The Kier molecular flexibility index (Phi) is 7.53. The van der Waals surface area contributed by atoms with Crippen molar-refractivity contribution in [2.75, 3.05) is 9.80 Å². The molecule has 0 bridgehead atoms. The number of nitrogens with zero attached hydrogens (tertiary/aromatic N) is 2. The third kappa shape index (κ3) is 5.40. The second-order valence-corrected chi connectivity index (χ2v) is 11.2. The summed E-state index contributed by atoms with van der Waals surface area (Å²) in [6.45, 7) is 1.84. The molecule has 40 heavy (non-hydrogen) atoms. The van der Waals surface area contributed by atoms with Crippen molar-refractivity contribution < 1.29 is 22.2 Å². The number of para-hydroxylation sites is 2. The number of thiocarbonyl (C=S) groups is 1. The number of hydrogen-bond donors (Lipinski definition) is 0. The Morgan fingerprint density at radius 1 is 0.775 bits per heavy atom. The van der Waals surface area contributed by atoms with Crippen molar-refractivity contribution in [2.45, 2.75) is 11.8 Å². The van der Waals surface area contributed by atoms with Gasteiger partial charge in [0.25, 0.3) is 11.8 Å². The maximum absolute atomic E-state index is 13.8. The van der Waals surface area contributed by atoms with Crippen LogP contribution in [0, 0.1) is 6.92 Å². The van der Waals surface area contributed by atoms with E-state index in [1.54, 1.807) is 72.8 Å². The quantitative estimate of drug-likeness (QED) is 0.116. The first-order valence-corrected chi connectivity index (χ1v) is 14.2. The Balaban J connectivity index is 1.63. The fourth-order valence-electron chi connectivity index (χ4n) is 4.07. The van der Waals surface area contributed by atoms with Crippen LogP contribution in [0.15, 0.2) is 114 Å². The molecular formula is C30H21ClN2O5S2. The second kappa shape index (κ2) is 11.1. The lowest BCUT2D eigenvalue weighted by atomic mass is 10.0. The molecule has 0 atom stereocenters. The van der Waals surface area contributed by atoms with E-state index in [1.807, 2.05) is 6.92 Å². The summed E-state index contributed by atoms with van der Waals surface area (Å²) < 4.78 is 31.6. The highest BCUT2D eigenvalue weighted by atomic mass is 35.5. The average molecular weight is 589 g/mol. The van der Waals surface area contributed by atoms with E-state index in [0.717, 1.165) is 5.56 Å². The van der Waals surface area contributed by atoms with E-state index in [1.165, 1.54) is 46.2 Å². The molecule has 0 saturated carbocycles. The number of halogens is 1. The topological polar surface area (TPSA) is 84.0 Å². The summed E-state index contributed by atoms with van der Waals surface area (Å²) in [5.74, 6) is -1.47. The largest absolute Gasteiger partial charge is 0.378 e. The first kappa shape index (κ1) is 27.3. The molecule has 4 aromatic carbocycles. The standard InChI is InChI=1S/C30H21ClN2O5S2/c1-20-12-15-25(16-13-20)40(36,37)38-27-17-14-22(31)18-21(27)19-26-28(34)32(23-8-4-2-5-9-23)30(39)33(29(26)35)24-10-6-3-7-11-24/h2-19H,1H3. The van der Waals surface area contributed by atoms with Gasteiger partial charge in [0.05, 0.1) is 11.4 Å². The Labute approximate surface area is 242 Å². The van der Waals surface area contributed by atoms with Crippen LogP contribution in [0.4, 0.5) is 11.4 Å². The number of carbonyl (C=O) groups is 2. The fraction of sp³-hybridized carbons (Fsp3) is 0.0333. The Bertz CT molecular complexity index is 1690. The molecule has 0 N–H and O–H groups in total. The summed E-state index contributed by atoms with van der Waals surface area (Å²) in [6.07, 6.45) is 1.27. The first-order chi connectivity index (χ1) is 19.2. The number of benzene rings is 4. The number of hydrogen-bond acceptors (Lipinski definition) is 6. The summed E-state index contributed by atoms with van der Waals surface area (Å²) >= 11 is 11.9. The second-order valence-electron chi connectivity index (χ2n) is 8.83. The van der Waals surface area contributed by atoms with Crippen LogP contribution in [0.2, 0.25) is 5.02 Å². The SMILES string of the molecule is Cc1ccc(S(=O)(=O)Oc2ccc(Cl)cc2C=C2C(=O)N(c3ccccc3)C(=S)N(c3ccccc3)C2=O)cc1. The van der Waals surface area contributed by atoms with Crippen LogP contribution in [0.5, 0.6) is 5.75 Å². The highest BCUT2D eigenvalue weighted by Crippen LogP contribution is 2.33. The molecule has 10 heteroatoms. The van der Waals surface area contributed by atoms with Crippen molar-refractivity contribution in [3.8, 4) is 5.75 Å². The zero-order chi connectivity index (χ0) is 28.4. The number of rotatable bonds is 6. The van der Waals surface area contributed by atoms with Gasteiger partial charge in [0.2, 0.25) is 0 Å². The number of anilines is 2. The molecule has 4 aromatic rings. The molecule has 7 nitrogen and oxygen atoms in total. The minimum atomic E-state index is -4.23. The molecule has 0 unspecified atom stereocenters. The van der Waals surface area contributed by atoms with Crippen LogP contribution in [-0.4, -0.2) is 25.3 Å². The molecule has 0 spiro atoms. The van der Waals surface area contributed by atoms with E-state index in [0.29, 0.717) is 11.4 Å². The minimum Gasteiger partial charge on any atom is -0.378 e. The van der Waals surface area contributed by atoms with Gasteiger partial charge in [-0.25, -0.2) is 0 Å². The predicted octanol–water partition coefficient (Wildman–Crippen LogP) is 6.16. The van der Waals surface area contributed by atoms with E-state index >= 15 is 0 Å². The van der Waals surface area contributed by atoms with Gasteiger partial charge < -0.3 is 4.18 Å². The van der Waals surface area contributed by atoms with Gasteiger partial charge in [-0.05, 0) is 79.8 Å². The molecule has 1 aliphatic heterocycles. The third-order valence-corrected chi connectivity index (χ3v) is 7.91. The third-order valence-electron chi connectivity index (χ3n) is 6.06. The molecule has 5 rings (SSSR count). The number of amides is 2. The number of carbonyl (C=O) groups excluding carboxylic acids is 2. The van der Waals surface area contributed by atoms with Crippen molar-refractivity contribution in [3.63, 3.8) is 0 Å². The van der Waals surface area contributed by atoms with Gasteiger partial charge in [-0.1, -0.05) is 65.7 Å². The van der Waals surface area contributed by atoms with Crippen LogP contribution in [0.1, 0.15) is 11.1 Å². The molecule has 1 aliphatic rings. The molecule has 1 heterocycles. The summed E-state index contributed by atoms with van der Waals surface area (Å²) in [5.41, 5.74) is 1.66. The molecule has 0 radical (unpaired) electrons. The van der Waals surface area contributed by atoms with Crippen molar-refractivity contribution in [1.29, 1.82) is 0 Å². The molecule has 1 fully saturated rings. The van der Waals surface area contributed by atoms with Crippen molar-refractivity contribution >= 4 is 68.3 Å². The lowest BCUT2D eigenvalue weighted by molar-refractivity contribution is -0.120. The van der Waals surface area contributed by atoms with Gasteiger partial charge in [0.15, 0.2) is 5.11 Å². The molecule has 200 valence electrons. The zero-order valence-corrected chi connectivity index (χ0v) is 23.4. The average Bonchev–Trinajstić information content (AvgIpc) is 2.94. The summed E-state index contributed by atoms with van der Waals surface area (Å²) in [5, 5.41) is 0.229. The van der Waals surface area contributed by atoms with Crippen LogP contribution in [0.25, 0.3) is 6.08 Å². The lowest BCUT2D eigenvalue weighted by Gasteiger charge is -2.36. The maximum Gasteiger partial charge on any atom is 0.339 e. The Morgan fingerprint density at radius 3 is 1.82 bits per heavy atom. The predicted molar refractivity (Wildman–Crippen MR) is 159 cm³/mol. The van der Waals surface area contributed by atoms with E-state index in [4.69, 9.17) is 28.0 Å². The summed E-state index contributed by atoms with van der Waals surface area (Å²) in [4.78, 5) is 30.0. The summed E-state index contributed by atoms with van der Waals surface area (Å²) in [7, 11) is -4.23. The minimum absolute atomic E-state index is 0.0194. The lowest BCUT2D eigenvalue weighted by Crippen LogP contribution is -2.56. The van der Waals surface area contributed by atoms with Gasteiger partial charge >= 0.3 is 10.1 Å². The normalized spacial score (nSPS) is 13.9. The Hall–Kier alpha value is -4.31. The molecular weight excluding hydrogens is 568 g/mol. The highest BCUT2D eigenvalue weighted by Gasteiger charge is 2.41. The monoisotopic (exact) mass is 588 g/mol. The molecule has 1 saturated heterocycles. The van der Waals surface area contributed by atoms with Crippen molar-refractivity contribution in [2.24, 2.45) is 0 Å². The fourth-order valence-corrected chi connectivity index (χ4v) is 5.58. The van der Waals surface area contributed by atoms with Crippen LogP contribution >= 0.6 is 23.8 Å². The Morgan fingerprint density at radius 2 is 1.30 bits per heavy atom.